The minimum absolute atomic E-state index is 0.0665. The molecule has 6 rings (SSSR count). The van der Waals surface area contributed by atoms with Crippen molar-refractivity contribution < 1.29 is 13.9 Å². The Balaban J connectivity index is 1.60. The summed E-state index contributed by atoms with van der Waals surface area (Å²) in [5.74, 6) is 0.422. The van der Waals surface area contributed by atoms with Gasteiger partial charge in [0.05, 0.1) is 33.8 Å². The third kappa shape index (κ3) is 3.04. The Morgan fingerprint density at radius 3 is 2.55 bits per heavy atom. The fourth-order valence-corrected chi connectivity index (χ4v) is 5.30. The van der Waals surface area contributed by atoms with Gasteiger partial charge in [0.2, 0.25) is 5.76 Å². The number of nitrogens with zero attached hydrogens (tertiary/aromatic N) is 2. The van der Waals surface area contributed by atoms with Crippen LogP contribution in [-0.2, 0) is 0 Å². The van der Waals surface area contributed by atoms with Crippen LogP contribution in [0, 0.1) is 0 Å². The van der Waals surface area contributed by atoms with E-state index in [-0.39, 0.29) is 17.1 Å². The molecule has 0 saturated carbocycles. The van der Waals surface area contributed by atoms with Crippen LogP contribution in [-0.4, -0.2) is 17.5 Å². The summed E-state index contributed by atoms with van der Waals surface area (Å²) in [5, 5.41) is 0.973. The quantitative estimate of drug-likeness (QED) is 0.356. The Morgan fingerprint density at radius 2 is 1.76 bits per heavy atom. The topological polar surface area (TPSA) is 72.6 Å². The number of amides is 1. The highest BCUT2D eigenvalue weighted by atomic mass is 32.1. The molecule has 0 unspecified atom stereocenters. The van der Waals surface area contributed by atoms with Gasteiger partial charge in [-0.15, -0.1) is 0 Å². The highest BCUT2D eigenvalue weighted by Gasteiger charge is 2.45. The zero-order valence-corrected chi connectivity index (χ0v) is 18.5. The number of aromatic nitrogens is 1. The summed E-state index contributed by atoms with van der Waals surface area (Å²) in [7, 11) is 0. The van der Waals surface area contributed by atoms with Crippen molar-refractivity contribution in [2.24, 2.45) is 0 Å². The first-order valence-electron chi connectivity index (χ1n) is 10.6. The molecule has 0 bridgehead atoms. The summed E-state index contributed by atoms with van der Waals surface area (Å²) < 4.78 is 12.5. The molecular formula is C26H18N2O4S. The average molecular weight is 455 g/mol. The van der Waals surface area contributed by atoms with Crippen LogP contribution < -0.4 is 15.1 Å². The molecule has 162 valence electrons. The summed E-state index contributed by atoms with van der Waals surface area (Å²) in [4.78, 5) is 33.5. The smallest absolute Gasteiger partial charge is 0.297 e. The molecule has 3 heterocycles. The summed E-state index contributed by atoms with van der Waals surface area (Å²) in [6, 6.07) is 21.5. The van der Waals surface area contributed by atoms with Gasteiger partial charge in [0.25, 0.3) is 5.91 Å². The summed E-state index contributed by atoms with van der Waals surface area (Å²) in [6.07, 6.45) is 0. The normalized spacial score (nSPS) is 15.4. The lowest BCUT2D eigenvalue weighted by atomic mass is 9.98. The molecule has 0 spiro atoms. The monoisotopic (exact) mass is 454 g/mol. The fraction of sp³-hybridized carbons (Fsp3) is 0.115. The van der Waals surface area contributed by atoms with Gasteiger partial charge in [0, 0.05) is 0 Å². The molecule has 1 aliphatic heterocycles. The highest BCUT2D eigenvalue weighted by molar-refractivity contribution is 7.22. The van der Waals surface area contributed by atoms with Crippen LogP contribution in [0.2, 0.25) is 0 Å². The molecular weight excluding hydrogens is 436 g/mol. The molecule has 1 aliphatic rings. The third-order valence-electron chi connectivity index (χ3n) is 5.77. The van der Waals surface area contributed by atoms with E-state index in [0.29, 0.717) is 28.3 Å². The van der Waals surface area contributed by atoms with E-state index in [4.69, 9.17) is 14.1 Å². The Bertz CT molecular complexity index is 1550. The summed E-state index contributed by atoms with van der Waals surface area (Å²) in [6.45, 7) is 2.47. The molecule has 0 saturated heterocycles. The molecule has 5 aromatic rings. The van der Waals surface area contributed by atoms with Gasteiger partial charge in [-0.25, -0.2) is 4.98 Å². The van der Waals surface area contributed by atoms with Gasteiger partial charge in [-0.05, 0) is 48.9 Å². The van der Waals surface area contributed by atoms with Crippen LogP contribution in [0.25, 0.3) is 21.2 Å². The summed E-state index contributed by atoms with van der Waals surface area (Å²) in [5.41, 5.74) is 2.11. The predicted molar refractivity (Wildman–Crippen MR) is 128 cm³/mol. The van der Waals surface area contributed by atoms with Crippen LogP contribution in [0.4, 0.5) is 5.13 Å². The van der Waals surface area contributed by atoms with Gasteiger partial charge in [-0.3, -0.25) is 14.5 Å². The lowest BCUT2D eigenvalue weighted by Gasteiger charge is -2.22. The van der Waals surface area contributed by atoms with Gasteiger partial charge < -0.3 is 9.15 Å². The number of ether oxygens (including phenoxy) is 1. The van der Waals surface area contributed by atoms with E-state index in [9.17, 15) is 9.59 Å². The molecule has 0 N–H and O–H groups in total. The van der Waals surface area contributed by atoms with Gasteiger partial charge in [-0.2, -0.15) is 0 Å². The van der Waals surface area contributed by atoms with E-state index in [0.717, 1.165) is 21.5 Å². The summed E-state index contributed by atoms with van der Waals surface area (Å²) >= 11 is 1.41. The number of anilines is 1. The molecule has 3 aromatic carbocycles. The van der Waals surface area contributed by atoms with Crippen molar-refractivity contribution in [3.8, 4) is 5.75 Å². The first kappa shape index (κ1) is 19.7. The number of para-hydroxylation sites is 2. The van der Waals surface area contributed by atoms with Crippen LogP contribution in [0.3, 0.4) is 0 Å². The standard InChI is InChI=1S/C26H18N2O4S/c1-2-31-16-13-11-15(12-14-16)22-21-23(29)17-7-3-5-9-19(17)32-24(21)25(30)28(22)26-27-18-8-4-6-10-20(18)33-26/h3-14,22H,2H2,1H3/t22-/m1/s1. The molecule has 6 nitrogen and oxygen atoms in total. The number of rotatable bonds is 4. The molecule has 2 aromatic heterocycles. The van der Waals surface area contributed by atoms with E-state index >= 15 is 0 Å². The van der Waals surface area contributed by atoms with Crippen LogP contribution >= 0.6 is 11.3 Å². The van der Waals surface area contributed by atoms with Crippen molar-refractivity contribution in [3.05, 3.63) is 99.9 Å². The van der Waals surface area contributed by atoms with Crippen LogP contribution in [0.15, 0.2) is 82.0 Å². The Labute approximate surface area is 192 Å². The van der Waals surface area contributed by atoms with E-state index in [1.807, 2.05) is 55.5 Å². The second kappa shape index (κ2) is 7.56. The molecule has 0 radical (unpaired) electrons. The lowest BCUT2D eigenvalue weighted by molar-refractivity contribution is 0.0971. The number of benzene rings is 3. The number of hydrogen-bond acceptors (Lipinski definition) is 6. The minimum atomic E-state index is -0.649. The number of carbonyl (C=O) groups excluding carboxylic acids is 1. The van der Waals surface area contributed by atoms with Crippen molar-refractivity contribution in [2.45, 2.75) is 13.0 Å². The van der Waals surface area contributed by atoms with Crippen molar-refractivity contribution in [1.29, 1.82) is 0 Å². The van der Waals surface area contributed by atoms with Crippen molar-refractivity contribution in [3.63, 3.8) is 0 Å². The zero-order chi connectivity index (χ0) is 22.5. The van der Waals surface area contributed by atoms with Crippen molar-refractivity contribution >= 4 is 43.6 Å². The molecule has 1 amide bonds. The fourth-order valence-electron chi connectivity index (χ4n) is 4.31. The Kier molecular flexibility index (Phi) is 4.52. The first-order chi connectivity index (χ1) is 16.2. The first-order valence-corrected chi connectivity index (χ1v) is 11.4. The minimum Gasteiger partial charge on any atom is -0.494 e. The SMILES string of the molecule is CCOc1ccc([C@@H]2c3c(oc4ccccc4c3=O)C(=O)N2c2nc3ccccc3s2)cc1. The van der Waals surface area contributed by atoms with Crippen LogP contribution in [0.5, 0.6) is 5.75 Å². The maximum Gasteiger partial charge on any atom is 0.297 e. The average Bonchev–Trinajstić information content (AvgIpc) is 3.39. The van der Waals surface area contributed by atoms with E-state index < -0.39 is 6.04 Å². The van der Waals surface area contributed by atoms with Gasteiger partial charge in [-0.1, -0.05) is 47.7 Å². The zero-order valence-electron chi connectivity index (χ0n) is 17.6. The number of carbonyl (C=O) groups is 1. The molecule has 33 heavy (non-hydrogen) atoms. The second-order valence-corrected chi connectivity index (χ2v) is 8.72. The maximum atomic E-state index is 13.7. The number of fused-ring (bicyclic) bond motifs is 3. The Hall–Kier alpha value is -3.97. The molecule has 0 fully saturated rings. The third-order valence-corrected chi connectivity index (χ3v) is 6.81. The van der Waals surface area contributed by atoms with Gasteiger partial charge in [0.15, 0.2) is 10.6 Å². The number of hydrogen-bond donors (Lipinski definition) is 0. The molecule has 1 atom stereocenters. The van der Waals surface area contributed by atoms with E-state index in [1.165, 1.54) is 11.3 Å². The maximum absolute atomic E-state index is 13.7. The number of thiazole rings is 1. The molecule has 0 aliphatic carbocycles. The lowest BCUT2D eigenvalue weighted by Crippen LogP contribution is -2.29. The van der Waals surface area contributed by atoms with Crippen LogP contribution in [0.1, 0.15) is 34.6 Å². The van der Waals surface area contributed by atoms with Gasteiger partial charge in [0.1, 0.15) is 11.3 Å². The molecule has 7 heteroatoms. The second-order valence-electron chi connectivity index (χ2n) is 7.71. The van der Waals surface area contributed by atoms with Gasteiger partial charge >= 0.3 is 0 Å². The Morgan fingerprint density at radius 1 is 1.00 bits per heavy atom. The predicted octanol–water partition coefficient (Wildman–Crippen LogP) is 5.55. The van der Waals surface area contributed by atoms with E-state index in [1.54, 1.807) is 29.2 Å². The highest BCUT2D eigenvalue weighted by Crippen LogP contribution is 2.43. The van der Waals surface area contributed by atoms with E-state index in [2.05, 4.69) is 0 Å². The largest absolute Gasteiger partial charge is 0.494 e. The van der Waals surface area contributed by atoms with Crippen molar-refractivity contribution in [1.82, 2.24) is 4.98 Å². The van der Waals surface area contributed by atoms with Crippen molar-refractivity contribution in [2.75, 3.05) is 11.5 Å².